The van der Waals surface area contributed by atoms with Gasteiger partial charge in [0.05, 0.1) is 17.4 Å². The second kappa shape index (κ2) is 8.40. The molecule has 9 heteroatoms. The number of amides is 3. The first-order valence-electron chi connectivity index (χ1n) is 9.44. The number of hydrogen-bond donors (Lipinski definition) is 1. The maximum Gasteiger partial charge on any atom is 0.261 e. The van der Waals surface area contributed by atoms with E-state index in [2.05, 4.69) is 5.32 Å². The molecular weight excluding hydrogens is 382 g/mol. The molecule has 3 amide bonds. The van der Waals surface area contributed by atoms with E-state index in [0.29, 0.717) is 37.2 Å². The van der Waals surface area contributed by atoms with Crippen LogP contribution in [0, 0.1) is 5.92 Å². The van der Waals surface area contributed by atoms with E-state index in [0.717, 1.165) is 12.8 Å². The lowest BCUT2D eigenvalue weighted by atomic mass is 9.98. The van der Waals surface area contributed by atoms with Crippen LogP contribution < -0.4 is 5.32 Å². The van der Waals surface area contributed by atoms with Gasteiger partial charge in [-0.05, 0) is 37.3 Å². The average Bonchev–Trinajstić information content (AvgIpc) is 2.91. The lowest BCUT2D eigenvalue weighted by Crippen LogP contribution is -2.41. The van der Waals surface area contributed by atoms with Crippen LogP contribution in [0.1, 0.15) is 46.4 Å². The summed E-state index contributed by atoms with van der Waals surface area (Å²) in [5, 5.41) is 2.88. The smallest absolute Gasteiger partial charge is 0.261 e. The Hall–Kier alpha value is -2.26. The highest BCUT2D eigenvalue weighted by atomic mass is 32.2. The van der Waals surface area contributed by atoms with Gasteiger partial charge in [0.2, 0.25) is 15.9 Å². The van der Waals surface area contributed by atoms with E-state index in [9.17, 15) is 22.8 Å². The predicted octanol–water partition coefficient (Wildman–Crippen LogP) is 0.851. The van der Waals surface area contributed by atoms with E-state index < -0.39 is 10.0 Å². The zero-order valence-corrected chi connectivity index (χ0v) is 16.7. The number of carbonyl (C=O) groups is 3. The molecule has 0 radical (unpaired) electrons. The number of fused-ring (bicyclic) bond motifs is 1. The summed E-state index contributed by atoms with van der Waals surface area (Å²) < 4.78 is 24.5. The number of sulfonamides is 1. The predicted molar refractivity (Wildman–Crippen MR) is 103 cm³/mol. The molecule has 2 heterocycles. The third-order valence-electron chi connectivity index (χ3n) is 5.29. The van der Waals surface area contributed by atoms with Crippen molar-refractivity contribution in [2.24, 2.45) is 5.92 Å². The van der Waals surface area contributed by atoms with Crippen LogP contribution in [-0.2, 0) is 14.8 Å². The summed E-state index contributed by atoms with van der Waals surface area (Å²) in [6, 6.07) is 6.72. The van der Waals surface area contributed by atoms with Gasteiger partial charge < -0.3 is 5.32 Å². The number of nitrogens with one attached hydrogen (secondary N) is 1. The van der Waals surface area contributed by atoms with Crippen molar-refractivity contribution in [1.82, 2.24) is 14.5 Å². The molecule has 1 aromatic rings. The standard InChI is InChI=1S/C19H25N3O5S/c1-28(26,27)21-11-8-14(9-12-21)13-20-17(23)7-4-10-22-18(24)15-5-2-3-6-16(15)19(22)25/h2-3,5-6,14H,4,7-13H2,1H3,(H,20,23). The van der Waals surface area contributed by atoms with Crippen molar-refractivity contribution in [3.8, 4) is 0 Å². The molecule has 0 saturated carbocycles. The van der Waals surface area contributed by atoms with Crippen molar-refractivity contribution in [2.75, 3.05) is 32.4 Å². The van der Waals surface area contributed by atoms with Gasteiger partial charge in [0.1, 0.15) is 0 Å². The van der Waals surface area contributed by atoms with E-state index in [1.54, 1.807) is 24.3 Å². The van der Waals surface area contributed by atoms with Crippen molar-refractivity contribution in [3.63, 3.8) is 0 Å². The van der Waals surface area contributed by atoms with Crippen molar-refractivity contribution in [1.29, 1.82) is 0 Å². The number of benzene rings is 1. The molecule has 0 unspecified atom stereocenters. The van der Waals surface area contributed by atoms with Gasteiger partial charge in [0, 0.05) is 32.6 Å². The van der Waals surface area contributed by atoms with E-state index >= 15 is 0 Å². The summed E-state index contributed by atoms with van der Waals surface area (Å²) in [4.78, 5) is 37.8. The van der Waals surface area contributed by atoms with Gasteiger partial charge in [0.15, 0.2) is 0 Å². The second-order valence-corrected chi connectivity index (χ2v) is 9.30. The minimum absolute atomic E-state index is 0.123. The monoisotopic (exact) mass is 407 g/mol. The molecule has 0 bridgehead atoms. The van der Waals surface area contributed by atoms with Gasteiger partial charge in [-0.2, -0.15) is 0 Å². The Labute approximate surface area is 164 Å². The highest BCUT2D eigenvalue weighted by molar-refractivity contribution is 7.88. The molecule has 1 N–H and O–H groups in total. The fourth-order valence-electron chi connectivity index (χ4n) is 3.63. The number of imide groups is 1. The van der Waals surface area contributed by atoms with E-state index in [1.807, 2.05) is 0 Å². The Kier molecular flexibility index (Phi) is 6.14. The third-order valence-corrected chi connectivity index (χ3v) is 6.60. The highest BCUT2D eigenvalue weighted by Crippen LogP contribution is 2.22. The molecule has 28 heavy (non-hydrogen) atoms. The van der Waals surface area contributed by atoms with E-state index in [4.69, 9.17) is 0 Å². The molecule has 1 fully saturated rings. The molecule has 1 saturated heterocycles. The molecule has 152 valence electrons. The van der Waals surface area contributed by atoms with E-state index in [1.165, 1.54) is 15.5 Å². The summed E-state index contributed by atoms with van der Waals surface area (Å²) in [6.07, 6.45) is 3.30. The maximum absolute atomic E-state index is 12.3. The van der Waals surface area contributed by atoms with Gasteiger partial charge in [-0.25, -0.2) is 12.7 Å². The number of piperidine rings is 1. The summed E-state index contributed by atoms with van der Waals surface area (Å²) in [5.74, 6) is -0.474. The number of nitrogens with zero attached hydrogens (tertiary/aromatic N) is 2. The van der Waals surface area contributed by atoms with Crippen molar-refractivity contribution >= 4 is 27.7 Å². The molecule has 0 spiro atoms. The first-order chi connectivity index (χ1) is 13.3. The third kappa shape index (κ3) is 4.59. The molecule has 3 rings (SSSR count). The van der Waals surface area contributed by atoms with Gasteiger partial charge in [-0.1, -0.05) is 12.1 Å². The Morgan fingerprint density at radius 1 is 1.11 bits per heavy atom. The van der Waals surface area contributed by atoms with Gasteiger partial charge >= 0.3 is 0 Å². The number of hydrogen-bond acceptors (Lipinski definition) is 5. The fraction of sp³-hybridized carbons (Fsp3) is 0.526. The van der Waals surface area contributed by atoms with Gasteiger partial charge in [-0.3, -0.25) is 19.3 Å². The SMILES string of the molecule is CS(=O)(=O)N1CCC(CNC(=O)CCCN2C(=O)c3ccccc3C2=O)CC1. The van der Waals surface area contributed by atoms with E-state index in [-0.39, 0.29) is 36.6 Å². The van der Waals surface area contributed by atoms with Crippen LogP contribution in [0.3, 0.4) is 0 Å². The molecule has 0 atom stereocenters. The molecular formula is C19H25N3O5S. The summed E-state index contributed by atoms with van der Waals surface area (Å²) in [7, 11) is -3.14. The molecule has 8 nitrogen and oxygen atoms in total. The normalized spacial score (nSPS) is 18.4. The van der Waals surface area contributed by atoms with Crippen LogP contribution in [0.2, 0.25) is 0 Å². The Morgan fingerprint density at radius 2 is 1.68 bits per heavy atom. The van der Waals surface area contributed by atoms with Crippen LogP contribution in [0.15, 0.2) is 24.3 Å². The molecule has 0 aromatic heterocycles. The number of carbonyl (C=O) groups excluding carboxylic acids is 3. The van der Waals surface area contributed by atoms with Crippen LogP contribution in [0.5, 0.6) is 0 Å². The summed E-state index contributed by atoms with van der Waals surface area (Å²) in [5.41, 5.74) is 0.828. The quantitative estimate of drug-likeness (QED) is 0.675. The maximum atomic E-state index is 12.3. The molecule has 2 aliphatic heterocycles. The van der Waals surface area contributed by atoms with Gasteiger partial charge in [0.25, 0.3) is 11.8 Å². The zero-order valence-electron chi connectivity index (χ0n) is 15.9. The van der Waals surface area contributed by atoms with Crippen molar-refractivity contribution in [2.45, 2.75) is 25.7 Å². The van der Waals surface area contributed by atoms with Gasteiger partial charge in [-0.15, -0.1) is 0 Å². The first kappa shape index (κ1) is 20.5. The molecule has 0 aliphatic carbocycles. The topological polar surface area (TPSA) is 104 Å². The Bertz CT molecular complexity index is 840. The summed E-state index contributed by atoms with van der Waals surface area (Å²) >= 11 is 0. The zero-order chi connectivity index (χ0) is 20.3. The largest absolute Gasteiger partial charge is 0.356 e. The first-order valence-corrected chi connectivity index (χ1v) is 11.3. The second-order valence-electron chi connectivity index (χ2n) is 7.32. The molecule has 2 aliphatic rings. The van der Waals surface area contributed by atoms with Crippen molar-refractivity contribution < 1.29 is 22.8 Å². The van der Waals surface area contributed by atoms with Crippen LogP contribution in [0.4, 0.5) is 0 Å². The van der Waals surface area contributed by atoms with Crippen LogP contribution >= 0.6 is 0 Å². The fourth-order valence-corrected chi connectivity index (χ4v) is 4.51. The number of rotatable bonds is 7. The van der Waals surface area contributed by atoms with Crippen LogP contribution in [-0.4, -0.2) is 67.8 Å². The minimum Gasteiger partial charge on any atom is -0.356 e. The van der Waals surface area contributed by atoms with Crippen molar-refractivity contribution in [3.05, 3.63) is 35.4 Å². The highest BCUT2D eigenvalue weighted by Gasteiger charge is 2.34. The van der Waals surface area contributed by atoms with Crippen LogP contribution in [0.25, 0.3) is 0 Å². The summed E-state index contributed by atoms with van der Waals surface area (Å²) in [6.45, 7) is 1.70. The molecule has 1 aromatic carbocycles. The average molecular weight is 407 g/mol. The lowest BCUT2D eigenvalue weighted by molar-refractivity contribution is -0.121. The minimum atomic E-state index is -3.14. The lowest BCUT2D eigenvalue weighted by Gasteiger charge is -2.30. The Balaban J connectivity index is 1.37. The Morgan fingerprint density at radius 3 is 2.21 bits per heavy atom.